The summed E-state index contributed by atoms with van der Waals surface area (Å²) < 4.78 is 13.5. The molecule has 104 valence electrons. The van der Waals surface area contributed by atoms with Crippen LogP contribution in [0.3, 0.4) is 0 Å². The standard InChI is InChI=1S/C14H19FN2O2/c15-12-6-1-2-7-13(12)16-14(19)17-9-4-3-5-11(17)8-10-18/h1-2,6-7,11,18H,3-5,8-10H2,(H,16,19). The molecule has 1 fully saturated rings. The van der Waals surface area contributed by atoms with Crippen LogP contribution in [0.25, 0.3) is 0 Å². The molecule has 0 aliphatic carbocycles. The molecule has 0 radical (unpaired) electrons. The van der Waals surface area contributed by atoms with Gasteiger partial charge in [-0.25, -0.2) is 9.18 Å². The zero-order valence-electron chi connectivity index (χ0n) is 10.8. The third-order valence-electron chi connectivity index (χ3n) is 3.47. The van der Waals surface area contributed by atoms with Crippen molar-refractivity contribution in [3.63, 3.8) is 0 Å². The van der Waals surface area contributed by atoms with Gasteiger partial charge in [0.15, 0.2) is 0 Å². The van der Waals surface area contributed by atoms with Crippen LogP contribution >= 0.6 is 0 Å². The number of aliphatic hydroxyl groups is 1. The number of hydrogen-bond donors (Lipinski definition) is 2. The van der Waals surface area contributed by atoms with Crippen LogP contribution in [0.5, 0.6) is 0 Å². The van der Waals surface area contributed by atoms with E-state index in [0.717, 1.165) is 19.3 Å². The van der Waals surface area contributed by atoms with Crippen molar-refractivity contribution in [3.8, 4) is 0 Å². The molecule has 0 spiro atoms. The number of urea groups is 1. The van der Waals surface area contributed by atoms with E-state index in [1.54, 1.807) is 17.0 Å². The molecule has 0 saturated carbocycles. The van der Waals surface area contributed by atoms with Gasteiger partial charge in [-0.05, 0) is 37.8 Å². The van der Waals surface area contributed by atoms with E-state index in [-0.39, 0.29) is 24.4 Å². The monoisotopic (exact) mass is 266 g/mol. The maximum absolute atomic E-state index is 13.5. The number of carbonyl (C=O) groups is 1. The highest BCUT2D eigenvalue weighted by Gasteiger charge is 2.26. The first kappa shape index (κ1) is 13.8. The highest BCUT2D eigenvalue weighted by atomic mass is 19.1. The van der Waals surface area contributed by atoms with E-state index < -0.39 is 5.82 Å². The minimum atomic E-state index is -0.438. The first-order valence-corrected chi connectivity index (χ1v) is 6.65. The van der Waals surface area contributed by atoms with Gasteiger partial charge >= 0.3 is 6.03 Å². The lowest BCUT2D eigenvalue weighted by Gasteiger charge is -2.35. The molecule has 0 aromatic heterocycles. The molecule has 1 unspecified atom stereocenters. The van der Waals surface area contributed by atoms with Crippen molar-refractivity contribution in [2.24, 2.45) is 0 Å². The molecule has 1 heterocycles. The number of hydrogen-bond acceptors (Lipinski definition) is 2. The number of aliphatic hydroxyl groups excluding tert-OH is 1. The Labute approximate surface area is 112 Å². The van der Waals surface area contributed by atoms with Gasteiger partial charge in [-0.1, -0.05) is 12.1 Å². The summed E-state index contributed by atoms with van der Waals surface area (Å²) in [5.74, 6) is -0.438. The first-order chi connectivity index (χ1) is 9.22. The number of anilines is 1. The summed E-state index contributed by atoms with van der Waals surface area (Å²) in [6, 6.07) is 5.88. The smallest absolute Gasteiger partial charge is 0.322 e. The van der Waals surface area contributed by atoms with Crippen LogP contribution in [0.4, 0.5) is 14.9 Å². The maximum atomic E-state index is 13.5. The Balaban J connectivity index is 2.03. The maximum Gasteiger partial charge on any atom is 0.322 e. The lowest BCUT2D eigenvalue weighted by Crippen LogP contribution is -2.46. The minimum absolute atomic E-state index is 0.0468. The number of likely N-dealkylation sites (tertiary alicyclic amines) is 1. The number of benzene rings is 1. The summed E-state index contributed by atoms with van der Waals surface area (Å²) in [7, 11) is 0. The predicted octanol–water partition coefficient (Wildman–Crippen LogP) is 2.59. The molecule has 2 rings (SSSR count). The SMILES string of the molecule is O=C(Nc1ccccc1F)N1CCCCC1CCO. The van der Waals surface area contributed by atoms with Crippen LogP contribution in [0.2, 0.25) is 0 Å². The second-order valence-electron chi connectivity index (χ2n) is 4.77. The summed E-state index contributed by atoms with van der Waals surface area (Å²) in [4.78, 5) is 13.9. The van der Waals surface area contributed by atoms with Crippen molar-refractivity contribution in [1.82, 2.24) is 4.90 Å². The number of halogens is 1. The topological polar surface area (TPSA) is 52.6 Å². The molecular formula is C14H19FN2O2. The van der Waals surface area contributed by atoms with Crippen molar-refractivity contribution in [2.75, 3.05) is 18.5 Å². The molecule has 1 saturated heterocycles. The van der Waals surface area contributed by atoms with Gasteiger partial charge in [0.2, 0.25) is 0 Å². The summed E-state index contributed by atoms with van der Waals surface area (Å²) in [5.41, 5.74) is 0.195. The number of piperidine rings is 1. The fourth-order valence-corrected chi connectivity index (χ4v) is 2.47. The van der Waals surface area contributed by atoms with Crippen LogP contribution in [0.15, 0.2) is 24.3 Å². The van der Waals surface area contributed by atoms with Crippen LogP contribution in [0.1, 0.15) is 25.7 Å². The van der Waals surface area contributed by atoms with E-state index in [9.17, 15) is 9.18 Å². The fraction of sp³-hybridized carbons (Fsp3) is 0.500. The Bertz CT molecular complexity index is 437. The number of nitrogens with one attached hydrogen (secondary N) is 1. The quantitative estimate of drug-likeness (QED) is 0.883. The van der Waals surface area contributed by atoms with Gasteiger partial charge in [-0.3, -0.25) is 0 Å². The van der Waals surface area contributed by atoms with Gasteiger partial charge in [-0.2, -0.15) is 0 Å². The predicted molar refractivity (Wildman–Crippen MR) is 71.5 cm³/mol. The van der Waals surface area contributed by atoms with Crippen LogP contribution < -0.4 is 5.32 Å². The van der Waals surface area contributed by atoms with Crippen LogP contribution in [0, 0.1) is 5.82 Å². The van der Waals surface area contributed by atoms with Gasteiger partial charge in [-0.15, -0.1) is 0 Å². The highest BCUT2D eigenvalue weighted by Crippen LogP contribution is 2.21. The fourth-order valence-electron chi connectivity index (χ4n) is 2.47. The van der Waals surface area contributed by atoms with Crippen molar-refractivity contribution in [2.45, 2.75) is 31.7 Å². The van der Waals surface area contributed by atoms with Gasteiger partial charge in [0.25, 0.3) is 0 Å². The number of carbonyl (C=O) groups excluding carboxylic acids is 1. The van der Waals surface area contributed by atoms with E-state index >= 15 is 0 Å². The van der Waals surface area contributed by atoms with E-state index in [0.29, 0.717) is 13.0 Å². The van der Waals surface area contributed by atoms with Crippen molar-refractivity contribution < 1.29 is 14.3 Å². The van der Waals surface area contributed by atoms with Gasteiger partial charge in [0, 0.05) is 19.2 Å². The molecule has 1 aliphatic rings. The largest absolute Gasteiger partial charge is 0.396 e. The van der Waals surface area contributed by atoms with Gasteiger partial charge < -0.3 is 15.3 Å². The number of para-hydroxylation sites is 1. The molecule has 19 heavy (non-hydrogen) atoms. The van der Waals surface area contributed by atoms with Crippen LogP contribution in [-0.4, -0.2) is 35.2 Å². The average molecular weight is 266 g/mol. The molecule has 2 N–H and O–H groups in total. The summed E-state index contributed by atoms with van der Waals surface area (Å²) >= 11 is 0. The van der Waals surface area contributed by atoms with E-state index in [2.05, 4.69) is 5.32 Å². The molecule has 1 atom stereocenters. The third-order valence-corrected chi connectivity index (χ3v) is 3.47. The molecule has 0 bridgehead atoms. The Kier molecular flexibility index (Phi) is 4.74. The summed E-state index contributed by atoms with van der Waals surface area (Å²) in [6.45, 7) is 0.721. The second kappa shape index (κ2) is 6.52. The molecule has 1 aromatic rings. The van der Waals surface area contributed by atoms with E-state index in [1.165, 1.54) is 12.1 Å². The lowest BCUT2D eigenvalue weighted by atomic mass is 10.0. The summed E-state index contributed by atoms with van der Waals surface area (Å²) in [6.07, 6.45) is 3.48. The number of rotatable bonds is 3. The van der Waals surface area contributed by atoms with E-state index in [4.69, 9.17) is 5.11 Å². The highest BCUT2D eigenvalue weighted by molar-refractivity contribution is 5.89. The van der Waals surface area contributed by atoms with Crippen molar-refractivity contribution in [1.29, 1.82) is 0 Å². The normalized spacial score (nSPS) is 19.3. The summed E-state index contributed by atoms with van der Waals surface area (Å²) in [5, 5.41) is 11.6. The lowest BCUT2D eigenvalue weighted by molar-refractivity contribution is 0.141. The second-order valence-corrected chi connectivity index (χ2v) is 4.77. The molecule has 1 aromatic carbocycles. The van der Waals surface area contributed by atoms with Crippen molar-refractivity contribution in [3.05, 3.63) is 30.1 Å². The third kappa shape index (κ3) is 3.44. The molecule has 5 heteroatoms. The van der Waals surface area contributed by atoms with Crippen LogP contribution in [-0.2, 0) is 0 Å². The Morgan fingerprint density at radius 1 is 1.42 bits per heavy atom. The zero-order valence-corrected chi connectivity index (χ0v) is 10.8. The number of nitrogens with zero attached hydrogens (tertiary/aromatic N) is 1. The first-order valence-electron chi connectivity index (χ1n) is 6.65. The molecule has 2 amide bonds. The van der Waals surface area contributed by atoms with E-state index in [1.807, 2.05) is 0 Å². The molecular weight excluding hydrogens is 247 g/mol. The molecule has 4 nitrogen and oxygen atoms in total. The minimum Gasteiger partial charge on any atom is -0.396 e. The van der Waals surface area contributed by atoms with Gasteiger partial charge in [0.05, 0.1) is 5.69 Å². The Hall–Kier alpha value is -1.62. The Morgan fingerprint density at radius 3 is 2.95 bits per heavy atom. The van der Waals surface area contributed by atoms with Gasteiger partial charge in [0.1, 0.15) is 5.82 Å². The zero-order chi connectivity index (χ0) is 13.7. The molecule has 1 aliphatic heterocycles. The average Bonchev–Trinajstić information content (AvgIpc) is 2.42. The Morgan fingerprint density at radius 2 is 2.21 bits per heavy atom. The number of amides is 2. The van der Waals surface area contributed by atoms with Crippen molar-refractivity contribution >= 4 is 11.7 Å².